The number of fused-ring (bicyclic) bond motifs is 1. The number of aromatic nitrogens is 5. The molecule has 35 heavy (non-hydrogen) atoms. The lowest BCUT2D eigenvalue weighted by atomic mass is 10.0. The number of anilines is 2. The molecule has 2 aliphatic rings. The van der Waals surface area contributed by atoms with Gasteiger partial charge in [-0.05, 0) is 63.2 Å². The van der Waals surface area contributed by atoms with Crippen molar-refractivity contribution in [3.63, 3.8) is 0 Å². The van der Waals surface area contributed by atoms with Gasteiger partial charge >= 0.3 is 0 Å². The third-order valence-electron chi connectivity index (χ3n) is 7.23. The van der Waals surface area contributed by atoms with Crippen LogP contribution >= 0.6 is 0 Å². The topological polar surface area (TPSA) is 65.7 Å². The molecule has 0 amide bonds. The van der Waals surface area contributed by atoms with Gasteiger partial charge in [0, 0.05) is 25.7 Å². The highest BCUT2D eigenvalue weighted by atomic mass is 19.1. The Morgan fingerprint density at radius 3 is 2.74 bits per heavy atom. The lowest BCUT2D eigenvalue weighted by Crippen LogP contribution is -2.31. The molecule has 5 heterocycles. The highest BCUT2D eigenvalue weighted by Crippen LogP contribution is 2.35. The minimum atomic E-state index is -0.206. The van der Waals surface area contributed by atoms with Gasteiger partial charge in [0.05, 0.1) is 24.6 Å². The summed E-state index contributed by atoms with van der Waals surface area (Å²) in [5.41, 5.74) is 3.29. The molecular weight excluding hydrogens is 443 g/mol. The molecule has 2 unspecified atom stereocenters. The molecule has 2 saturated heterocycles. The molecule has 2 aliphatic heterocycles. The zero-order valence-corrected chi connectivity index (χ0v) is 20.0. The van der Waals surface area contributed by atoms with Gasteiger partial charge in [-0.1, -0.05) is 12.1 Å². The Hall–Kier alpha value is -3.59. The number of imidazole rings is 1. The van der Waals surface area contributed by atoms with Crippen LogP contribution in [-0.4, -0.2) is 69.2 Å². The normalized spacial score (nSPS) is 20.5. The molecule has 2 fully saturated rings. The number of benzene rings is 1. The van der Waals surface area contributed by atoms with Crippen LogP contribution in [0, 0.1) is 5.82 Å². The summed E-state index contributed by atoms with van der Waals surface area (Å²) in [5.74, 6) is 1.52. The van der Waals surface area contributed by atoms with Gasteiger partial charge in [0.25, 0.3) is 0 Å². The molecule has 3 aromatic heterocycles. The van der Waals surface area contributed by atoms with Gasteiger partial charge in [0.2, 0.25) is 0 Å². The van der Waals surface area contributed by atoms with Crippen molar-refractivity contribution < 1.29 is 4.39 Å². The van der Waals surface area contributed by atoms with Crippen LogP contribution < -0.4 is 9.80 Å². The summed E-state index contributed by atoms with van der Waals surface area (Å²) in [6, 6.07) is 11.5. The van der Waals surface area contributed by atoms with Crippen molar-refractivity contribution in [3.8, 4) is 11.4 Å². The highest BCUT2D eigenvalue weighted by molar-refractivity contribution is 5.61. The van der Waals surface area contributed by atoms with Gasteiger partial charge in [-0.3, -0.25) is 4.98 Å². The van der Waals surface area contributed by atoms with Crippen molar-refractivity contribution in [1.29, 1.82) is 0 Å². The number of likely N-dealkylation sites (N-methyl/N-ethyl adjacent to an activating group) is 1. The second-order valence-electron chi connectivity index (χ2n) is 9.63. The van der Waals surface area contributed by atoms with Crippen LogP contribution in [0.3, 0.4) is 0 Å². The molecule has 0 radical (unpaired) electrons. The third kappa shape index (κ3) is 4.10. The fraction of sp³-hybridized carbons (Fsp3) is 0.385. The molecule has 0 bridgehead atoms. The van der Waals surface area contributed by atoms with E-state index in [4.69, 9.17) is 10.1 Å². The third-order valence-corrected chi connectivity index (χ3v) is 7.23. The second kappa shape index (κ2) is 8.88. The van der Waals surface area contributed by atoms with Gasteiger partial charge in [-0.15, -0.1) is 5.10 Å². The van der Waals surface area contributed by atoms with Gasteiger partial charge in [0.15, 0.2) is 5.65 Å². The molecule has 6 rings (SSSR count). The smallest absolute Gasteiger partial charge is 0.154 e. The molecule has 180 valence electrons. The number of hydrogen-bond acceptors (Lipinski definition) is 7. The maximum absolute atomic E-state index is 13.9. The number of halogens is 1. The van der Waals surface area contributed by atoms with E-state index in [0.717, 1.165) is 73.1 Å². The molecule has 8 nitrogen and oxygen atoms in total. The van der Waals surface area contributed by atoms with Crippen molar-refractivity contribution in [2.75, 3.05) is 43.5 Å². The van der Waals surface area contributed by atoms with Crippen molar-refractivity contribution >= 4 is 17.3 Å². The summed E-state index contributed by atoms with van der Waals surface area (Å²) in [6.07, 6.45) is 8.53. The fourth-order valence-corrected chi connectivity index (χ4v) is 5.30. The molecule has 2 atom stereocenters. The monoisotopic (exact) mass is 472 g/mol. The maximum Gasteiger partial charge on any atom is 0.154 e. The quantitative estimate of drug-likeness (QED) is 0.438. The first kappa shape index (κ1) is 21.9. The molecular formula is C26H29FN8. The van der Waals surface area contributed by atoms with Gasteiger partial charge in [-0.25, -0.2) is 18.9 Å². The first-order chi connectivity index (χ1) is 17.1. The Labute approximate surface area is 204 Å². The van der Waals surface area contributed by atoms with Crippen molar-refractivity contribution in [2.45, 2.75) is 31.3 Å². The van der Waals surface area contributed by atoms with E-state index < -0.39 is 0 Å². The molecule has 9 heteroatoms. The highest BCUT2D eigenvalue weighted by Gasteiger charge is 2.28. The van der Waals surface area contributed by atoms with Crippen LogP contribution in [0.1, 0.15) is 30.9 Å². The van der Waals surface area contributed by atoms with Crippen LogP contribution in [0.2, 0.25) is 0 Å². The largest absolute Gasteiger partial charge is 0.354 e. The Bertz CT molecular complexity index is 1350. The van der Waals surface area contributed by atoms with Crippen molar-refractivity contribution in [1.82, 2.24) is 29.5 Å². The predicted molar refractivity (Wildman–Crippen MR) is 134 cm³/mol. The number of nitrogens with zero attached hydrogens (tertiary/aromatic N) is 8. The van der Waals surface area contributed by atoms with Crippen molar-refractivity contribution in [2.24, 2.45) is 0 Å². The summed E-state index contributed by atoms with van der Waals surface area (Å²) in [5, 5.41) is 4.95. The number of hydrogen-bond donors (Lipinski definition) is 0. The maximum atomic E-state index is 13.9. The van der Waals surface area contributed by atoms with E-state index in [1.54, 1.807) is 24.5 Å². The van der Waals surface area contributed by atoms with Crippen molar-refractivity contribution in [3.05, 3.63) is 66.4 Å². The molecule has 4 aromatic rings. The van der Waals surface area contributed by atoms with E-state index in [0.29, 0.717) is 6.04 Å². The van der Waals surface area contributed by atoms with Crippen LogP contribution in [0.4, 0.5) is 16.0 Å². The average Bonchev–Trinajstić information content (AvgIpc) is 3.63. The Morgan fingerprint density at radius 2 is 1.91 bits per heavy atom. The van der Waals surface area contributed by atoms with E-state index in [2.05, 4.69) is 38.8 Å². The minimum Gasteiger partial charge on any atom is -0.354 e. The second-order valence-corrected chi connectivity index (χ2v) is 9.63. The van der Waals surface area contributed by atoms with E-state index in [1.165, 1.54) is 6.07 Å². The zero-order chi connectivity index (χ0) is 23.9. The first-order valence-electron chi connectivity index (χ1n) is 12.2. The Kier molecular flexibility index (Phi) is 5.56. The lowest BCUT2D eigenvalue weighted by molar-refractivity contribution is 0.315. The molecule has 0 aliphatic carbocycles. The molecule has 0 N–H and O–H groups in total. The first-order valence-corrected chi connectivity index (χ1v) is 12.2. The molecule has 0 spiro atoms. The predicted octanol–water partition coefficient (Wildman–Crippen LogP) is 3.81. The fourth-order valence-electron chi connectivity index (χ4n) is 5.30. The summed E-state index contributed by atoms with van der Waals surface area (Å²) in [4.78, 5) is 20.8. The standard InChI is InChI=1S/C26H29FN8/c1-32(2)20-10-12-33(17-20)26-16-28-14-21(30-26)23-15-29-24-8-9-25(31-35(23)24)34-11-4-7-22(34)18-5-3-6-19(27)13-18/h3,5-6,8-9,13-16,20,22H,4,7,10-12,17H2,1-2H3. The SMILES string of the molecule is CN(C)C1CCN(c2cncc(-c3cnc4ccc(N5CCCC5c5cccc(F)c5)nn34)n2)C1. The molecule has 1 aromatic carbocycles. The zero-order valence-electron chi connectivity index (χ0n) is 20.0. The van der Waals surface area contributed by atoms with E-state index in [9.17, 15) is 4.39 Å². The van der Waals surface area contributed by atoms with Gasteiger partial charge in [0.1, 0.15) is 28.8 Å². The minimum absolute atomic E-state index is 0.102. The number of rotatable bonds is 5. The summed E-state index contributed by atoms with van der Waals surface area (Å²) >= 11 is 0. The summed E-state index contributed by atoms with van der Waals surface area (Å²) < 4.78 is 15.7. The van der Waals surface area contributed by atoms with E-state index >= 15 is 0 Å². The Balaban J connectivity index is 1.32. The van der Waals surface area contributed by atoms with Crippen LogP contribution in [0.25, 0.3) is 17.0 Å². The van der Waals surface area contributed by atoms with Crippen LogP contribution in [0.15, 0.2) is 55.0 Å². The van der Waals surface area contributed by atoms with Gasteiger partial charge < -0.3 is 14.7 Å². The van der Waals surface area contributed by atoms with Gasteiger partial charge in [-0.2, -0.15) is 0 Å². The average molecular weight is 473 g/mol. The van der Waals surface area contributed by atoms with E-state index in [1.807, 2.05) is 28.9 Å². The summed E-state index contributed by atoms with van der Waals surface area (Å²) in [7, 11) is 4.24. The Morgan fingerprint density at radius 1 is 1.00 bits per heavy atom. The van der Waals surface area contributed by atoms with Crippen LogP contribution in [0.5, 0.6) is 0 Å². The lowest BCUT2D eigenvalue weighted by Gasteiger charge is -2.26. The van der Waals surface area contributed by atoms with Crippen LogP contribution in [-0.2, 0) is 0 Å². The van der Waals surface area contributed by atoms with E-state index in [-0.39, 0.29) is 11.9 Å². The summed E-state index contributed by atoms with van der Waals surface area (Å²) in [6.45, 7) is 2.78. The molecule has 0 saturated carbocycles.